The Morgan fingerprint density at radius 3 is 2.41 bits per heavy atom. The third-order valence-electron chi connectivity index (χ3n) is 4.77. The van der Waals surface area contributed by atoms with Crippen molar-refractivity contribution in [3.05, 3.63) is 88.8 Å². The van der Waals surface area contributed by atoms with Gasteiger partial charge in [0, 0.05) is 11.0 Å². The van der Waals surface area contributed by atoms with E-state index in [2.05, 4.69) is 15.9 Å². The molecule has 1 fully saturated rings. The molecule has 3 aromatic rings. The van der Waals surface area contributed by atoms with E-state index in [9.17, 15) is 14.4 Å². The molecule has 29 heavy (non-hydrogen) atoms. The van der Waals surface area contributed by atoms with Crippen molar-refractivity contribution in [3.8, 4) is 0 Å². The fourth-order valence-electron chi connectivity index (χ4n) is 3.37. The molecule has 1 saturated heterocycles. The third kappa shape index (κ3) is 3.86. The van der Waals surface area contributed by atoms with Crippen molar-refractivity contribution in [2.45, 2.75) is 19.0 Å². The number of furan rings is 1. The van der Waals surface area contributed by atoms with Gasteiger partial charge in [-0.2, -0.15) is 0 Å². The van der Waals surface area contributed by atoms with Gasteiger partial charge in [-0.3, -0.25) is 14.4 Å². The number of carbonyl (C=O) groups excluding carboxylic acids is 3. The average molecular weight is 453 g/mol. The van der Waals surface area contributed by atoms with Crippen LogP contribution in [-0.2, 0) is 16.1 Å². The topological polar surface area (TPSA) is 70.8 Å². The van der Waals surface area contributed by atoms with E-state index in [-0.39, 0.29) is 24.6 Å². The maximum Gasteiger partial charge on any atom is 0.290 e. The SMILES string of the molecule is O=C1CC(N(Cc2ccccc2)C(=O)c2ccco2)C(=O)N1c1ccc(Br)cc1. The van der Waals surface area contributed by atoms with Crippen LogP contribution in [0.3, 0.4) is 0 Å². The van der Waals surface area contributed by atoms with E-state index in [1.165, 1.54) is 11.2 Å². The van der Waals surface area contributed by atoms with Gasteiger partial charge in [0.2, 0.25) is 5.91 Å². The Hall–Kier alpha value is -3.19. The van der Waals surface area contributed by atoms with Gasteiger partial charge in [-0.1, -0.05) is 46.3 Å². The zero-order valence-corrected chi connectivity index (χ0v) is 16.9. The van der Waals surface area contributed by atoms with Crippen LogP contribution in [0.2, 0.25) is 0 Å². The molecule has 1 atom stereocenters. The molecule has 2 aromatic carbocycles. The van der Waals surface area contributed by atoms with E-state index in [0.29, 0.717) is 5.69 Å². The van der Waals surface area contributed by atoms with Gasteiger partial charge in [0.15, 0.2) is 5.76 Å². The van der Waals surface area contributed by atoms with Crippen molar-refractivity contribution in [2.75, 3.05) is 4.90 Å². The maximum absolute atomic E-state index is 13.2. The van der Waals surface area contributed by atoms with Crippen molar-refractivity contribution in [2.24, 2.45) is 0 Å². The van der Waals surface area contributed by atoms with Crippen LogP contribution in [-0.4, -0.2) is 28.7 Å². The van der Waals surface area contributed by atoms with Gasteiger partial charge in [0.25, 0.3) is 11.8 Å². The summed E-state index contributed by atoms with van der Waals surface area (Å²) in [5.41, 5.74) is 1.34. The first kappa shape index (κ1) is 19.1. The molecule has 0 bridgehead atoms. The first-order valence-corrected chi connectivity index (χ1v) is 9.84. The number of amides is 3. The molecule has 0 N–H and O–H groups in total. The molecular weight excluding hydrogens is 436 g/mol. The van der Waals surface area contributed by atoms with Gasteiger partial charge in [-0.05, 0) is 42.0 Å². The van der Waals surface area contributed by atoms with Gasteiger partial charge >= 0.3 is 0 Å². The molecular formula is C22H17BrN2O4. The van der Waals surface area contributed by atoms with Crippen LogP contribution in [0.1, 0.15) is 22.5 Å². The predicted octanol–water partition coefficient (Wildman–Crippen LogP) is 4.02. The lowest BCUT2D eigenvalue weighted by Gasteiger charge is -2.27. The highest BCUT2D eigenvalue weighted by molar-refractivity contribution is 9.10. The molecule has 3 amide bonds. The fourth-order valence-corrected chi connectivity index (χ4v) is 3.63. The lowest BCUT2D eigenvalue weighted by Crippen LogP contribution is -2.45. The van der Waals surface area contributed by atoms with Crippen LogP contribution in [0.4, 0.5) is 5.69 Å². The number of nitrogens with zero attached hydrogens (tertiary/aromatic N) is 2. The molecule has 1 unspecified atom stereocenters. The summed E-state index contributed by atoms with van der Waals surface area (Å²) in [6.45, 7) is 0.193. The normalized spacial score (nSPS) is 16.3. The number of carbonyl (C=O) groups is 3. The van der Waals surface area contributed by atoms with Crippen molar-refractivity contribution in [1.82, 2.24) is 4.90 Å². The van der Waals surface area contributed by atoms with Crippen LogP contribution in [0, 0.1) is 0 Å². The molecule has 0 saturated carbocycles. The monoisotopic (exact) mass is 452 g/mol. The summed E-state index contributed by atoms with van der Waals surface area (Å²) in [5.74, 6) is -1.06. The van der Waals surface area contributed by atoms with E-state index in [0.717, 1.165) is 14.9 Å². The maximum atomic E-state index is 13.2. The molecule has 0 radical (unpaired) electrons. The Bertz CT molecular complexity index is 1030. The minimum absolute atomic E-state index is 0.0752. The number of halogens is 1. The summed E-state index contributed by atoms with van der Waals surface area (Å²) in [5, 5.41) is 0. The Kier molecular flexibility index (Phi) is 5.31. The average Bonchev–Trinajstić information content (AvgIpc) is 3.36. The van der Waals surface area contributed by atoms with Gasteiger partial charge in [-0.15, -0.1) is 0 Å². The summed E-state index contributed by atoms with van der Waals surface area (Å²) >= 11 is 3.35. The van der Waals surface area contributed by atoms with Crippen molar-refractivity contribution in [3.63, 3.8) is 0 Å². The highest BCUT2D eigenvalue weighted by Gasteiger charge is 2.44. The molecule has 2 heterocycles. The first-order chi connectivity index (χ1) is 14.0. The summed E-state index contributed by atoms with van der Waals surface area (Å²) in [4.78, 5) is 41.5. The van der Waals surface area contributed by atoms with Crippen LogP contribution >= 0.6 is 15.9 Å². The first-order valence-electron chi connectivity index (χ1n) is 9.05. The van der Waals surface area contributed by atoms with E-state index in [1.807, 2.05) is 30.3 Å². The number of hydrogen-bond acceptors (Lipinski definition) is 4. The van der Waals surface area contributed by atoms with Crippen molar-refractivity contribution < 1.29 is 18.8 Å². The predicted molar refractivity (Wildman–Crippen MR) is 110 cm³/mol. The molecule has 7 heteroatoms. The second-order valence-electron chi connectivity index (χ2n) is 6.66. The number of hydrogen-bond donors (Lipinski definition) is 0. The largest absolute Gasteiger partial charge is 0.459 e. The smallest absolute Gasteiger partial charge is 0.290 e. The Morgan fingerprint density at radius 2 is 1.76 bits per heavy atom. The van der Waals surface area contributed by atoms with Crippen molar-refractivity contribution >= 4 is 39.3 Å². The zero-order chi connectivity index (χ0) is 20.4. The summed E-state index contributed by atoms with van der Waals surface area (Å²) < 4.78 is 6.10. The standard InChI is InChI=1S/C22H17BrN2O4/c23-16-8-10-17(11-9-16)25-20(26)13-18(21(25)27)24(14-15-5-2-1-3-6-15)22(28)19-7-4-12-29-19/h1-12,18H,13-14H2. The quantitative estimate of drug-likeness (QED) is 0.548. The molecule has 1 aromatic heterocycles. The number of imide groups is 1. The Morgan fingerprint density at radius 1 is 1.03 bits per heavy atom. The molecule has 0 spiro atoms. The molecule has 1 aliphatic heterocycles. The number of rotatable bonds is 5. The van der Waals surface area contributed by atoms with Gasteiger partial charge < -0.3 is 9.32 Å². The van der Waals surface area contributed by atoms with Crippen LogP contribution in [0.15, 0.2) is 81.9 Å². The van der Waals surface area contributed by atoms with E-state index in [4.69, 9.17) is 4.42 Å². The highest BCUT2D eigenvalue weighted by atomic mass is 79.9. The minimum atomic E-state index is -0.899. The zero-order valence-electron chi connectivity index (χ0n) is 15.3. The molecule has 4 rings (SSSR count). The van der Waals surface area contributed by atoms with Gasteiger partial charge in [0.1, 0.15) is 6.04 Å². The van der Waals surface area contributed by atoms with Crippen LogP contribution in [0.5, 0.6) is 0 Å². The molecule has 0 aliphatic carbocycles. The second kappa shape index (κ2) is 8.05. The van der Waals surface area contributed by atoms with Gasteiger partial charge in [-0.25, -0.2) is 4.90 Å². The fraction of sp³-hybridized carbons (Fsp3) is 0.136. The van der Waals surface area contributed by atoms with Crippen molar-refractivity contribution in [1.29, 1.82) is 0 Å². The van der Waals surface area contributed by atoms with Crippen LogP contribution < -0.4 is 4.90 Å². The lowest BCUT2D eigenvalue weighted by molar-refractivity contribution is -0.122. The summed E-state index contributed by atoms with van der Waals surface area (Å²) in [6.07, 6.45) is 1.33. The second-order valence-corrected chi connectivity index (χ2v) is 7.58. The third-order valence-corrected chi connectivity index (χ3v) is 5.30. The lowest BCUT2D eigenvalue weighted by atomic mass is 10.1. The minimum Gasteiger partial charge on any atom is -0.459 e. The van der Waals surface area contributed by atoms with E-state index >= 15 is 0 Å². The summed E-state index contributed by atoms with van der Waals surface area (Å²) in [7, 11) is 0. The molecule has 6 nitrogen and oxygen atoms in total. The summed E-state index contributed by atoms with van der Waals surface area (Å²) in [6, 6.07) is 18.5. The van der Waals surface area contributed by atoms with E-state index < -0.39 is 17.9 Å². The Balaban J connectivity index is 1.66. The van der Waals surface area contributed by atoms with Crippen LogP contribution in [0.25, 0.3) is 0 Å². The molecule has 1 aliphatic rings. The van der Waals surface area contributed by atoms with E-state index in [1.54, 1.807) is 36.4 Å². The number of anilines is 1. The Labute approximate surface area is 175 Å². The molecule has 146 valence electrons. The van der Waals surface area contributed by atoms with Gasteiger partial charge in [0.05, 0.1) is 18.4 Å². The number of benzene rings is 2. The highest BCUT2D eigenvalue weighted by Crippen LogP contribution is 2.28.